The van der Waals surface area contributed by atoms with Crippen LogP contribution in [-0.4, -0.2) is 37.5 Å². The highest BCUT2D eigenvalue weighted by Gasteiger charge is 2.34. The Balaban J connectivity index is 1.62. The maximum atomic E-state index is 14.3. The van der Waals surface area contributed by atoms with Crippen LogP contribution in [0.25, 0.3) is 6.08 Å². The second kappa shape index (κ2) is 15.6. The summed E-state index contributed by atoms with van der Waals surface area (Å²) in [6, 6.07) is 15.8. The lowest BCUT2D eigenvalue weighted by atomic mass is 9.95. The molecule has 9 nitrogen and oxygen atoms in total. The number of aromatic nitrogens is 1. The first-order valence-corrected chi connectivity index (χ1v) is 17.0. The molecule has 1 aliphatic heterocycles. The van der Waals surface area contributed by atoms with Gasteiger partial charge in [0.15, 0.2) is 27.8 Å². The molecule has 0 spiro atoms. The Morgan fingerprint density at radius 3 is 2.45 bits per heavy atom. The van der Waals surface area contributed by atoms with Gasteiger partial charge in [0.05, 0.1) is 48.8 Å². The Kier molecular flexibility index (Phi) is 11.3. The van der Waals surface area contributed by atoms with Crippen molar-refractivity contribution < 1.29 is 28.5 Å². The van der Waals surface area contributed by atoms with Gasteiger partial charge in [0.2, 0.25) is 0 Å². The zero-order chi connectivity index (χ0) is 35.2. The first-order chi connectivity index (χ1) is 23.6. The first kappa shape index (κ1) is 35.5. The van der Waals surface area contributed by atoms with Crippen LogP contribution in [-0.2, 0) is 22.6 Å². The predicted octanol–water partition coefficient (Wildman–Crippen LogP) is 6.56. The van der Waals surface area contributed by atoms with Crippen molar-refractivity contribution in [2.75, 3.05) is 20.8 Å². The lowest BCUT2D eigenvalue weighted by molar-refractivity contribution is -0.139. The number of allylic oxidation sites excluding steroid dienone is 2. The molecule has 0 fully saturated rings. The summed E-state index contributed by atoms with van der Waals surface area (Å²) in [5.74, 6) is 1.59. The zero-order valence-electron chi connectivity index (χ0n) is 28.4. The molecule has 1 aliphatic rings. The van der Waals surface area contributed by atoms with Gasteiger partial charge in [-0.1, -0.05) is 47.2 Å². The molecule has 256 valence electrons. The summed E-state index contributed by atoms with van der Waals surface area (Å²) in [7, 11) is 3.12. The van der Waals surface area contributed by atoms with Gasteiger partial charge in [-0.15, -0.1) is 6.58 Å². The average Bonchev–Trinajstić information content (AvgIpc) is 3.37. The molecule has 3 aromatic carbocycles. The van der Waals surface area contributed by atoms with E-state index in [0.29, 0.717) is 61.6 Å². The van der Waals surface area contributed by atoms with Crippen molar-refractivity contribution in [2.45, 2.75) is 52.9 Å². The van der Waals surface area contributed by atoms with Gasteiger partial charge in [-0.25, -0.2) is 9.79 Å². The predicted molar refractivity (Wildman–Crippen MR) is 192 cm³/mol. The van der Waals surface area contributed by atoms with E-state index in [0.717, 1.165) is 16.7 Å². The normalized spacial score (nSPS) is 14.3. The van der Waals surface area contributed by atoms with Crippen LogP contribution < -0.4 is 33.8 Å². The maximum absolute atomic E-state index is 14.3. The summed E-state index contributed by atoms with van der Waals surface area (Å²) in [6.45, 7) is 11.7. The number of rotatable bonds is 13. The number of hydrogen-bond acceptors (Lipinski definition) is 9. The Morgan fingerprint density at radius 1 is 1.06 bits per heavy atom. The second-order valence-electron chi connectivity index (χ2n) is 11.5. The van der Waals surface area contributed by atoms with Crippen molar-refractivity contribution in [3.63, 3.8) is 0 Å². The van der Waals surface area contributed by atoms with Crippen LogP contribution >= 0.6 is 22.9 Å². The van der Waals surface area contributed by atoms with Crippen LogP contribution in [0.1, 0.15) is 56.0 Å². The Bertz CT molecular complexity index is 2080. The maximum Gasteiger partial charge on any atom is 0.338 e. The van der Waals surface area contributed by atoms with E-state index in [2.05, 4.69) is 6.58 Å². The molecule has 0 unspecified atom stereocenters. The van der Waals surface area contributed by atoms with E-state index < -0.39 is 12.0 Å². The quantitative estimate of drug-likeness (QED) is 0.115. The van der Waals surface area contributed by atoms with Gasteiger partial charge in [0, 0.05) is 10.6 Å². The summed E-state index contributed by atoms with van der Waals surface area (Å²) in [4.78, 5) is 32.8. The van der Waals surface area contributed by atoms with E-state index in [9.17, 15) is 9.59 Å². The highest BCUT2D eigenvalue weighted by atomic mass is 35.5. The average molecular weight is 703 g/mol. The third-order valence-electron chi connectivity index (χ3n) is 7.72. The van der Waals surface area contributed by atoms with Gasteiger partial charge in [-0.2, -0.15) is 0 Å². The molecule has 0 N–H and O–H groups in total. The van der Waals surface area contributed by atoms with Crippen molar-refractivity contribution in [1.82, 2.24) is 4.57 Å². The third kappa shape index (κ3) is 7.76. The Morgan fingerprint density at radius 2 is 1.80 bits per heavy atom. The Labute approximate surface area is 294 Å². The molecule has 0 saturated heterocycles. The minimum atomic E-state index is -0.811. The fourth-order valence-electron chi connectivity index (χ4n) is 5.59. The van der Waals surface area contributed by atoms with Gasteiger partial charge in [0.1, 0.15) is 6.61 Å². The molecule has 0 amide bonds. The first-order valence-electron chi connectivity index (χ1n) is 15.8. The minimum Gasteiger partial charge on any atom is -0.493 e. The highest BCUT2D eigenvalue weighted by Crippen LogP contribution is 2.37. The number of esters is 1. The molecular weight excluding hydrogens is 664 g/mol. The molecule has 0 saturated carbocycles. The molecule has 0 bridgehead atoms. The van der Waals surface area contributed by atoms with Crippen LogP contribution in [0.5, 0.6) is 23.0 Å². The number of hydrogen-bond donors (Lipinski definition) is 0. The number of benzene rings is 3. The summed E-state index contributed by atoms with van der Waals surface area (Å²) < 4.78 is 31.0. The van der Waals surface area contributed by atoms with Crippen molar-refractivity contribution in [1.29, 1.82) is 0 Å². The monoisotopic (exact) mass is 702 g/mol. The van der Waals surface area contributed by atoms with Gasteiger partial charge >= 0.3 is 5.97 Å². The van der Waals surface area contributed by atoms with E-state index in [-0.39, 0.29) is 23.8 Å². The molecule has 1 aromatic heterocycles. The van der Waals surface area contributed by atoms with Crippen LogP contribution in [0.4, 0.5) is 0 Å². The molecule has 1 atom stereocenters. The minimum absolute atomic E-state index is 0.0793. The second-order valence-corrected chi connectivity index (χ2v) is 12.9. The SMILES string of the molecule is C=CCc1cc(/C=c2\sc3n(c2=O)[C@@H](c2ccc(OC(C)C)c(OC)c2)C(C(=O)OCC)=C(C)N=3)cc(OC)c1OCc1ccc(Cl)cc1. The number of nitrogens with zero attached hydrogens (tertiary/aromatic N) is 2. The number of carbonyl (C=O) groups excluding carboxylic acids is 1. The van der Waals surface area contributed by atoms with Crippen LogP contribution in [0, 0.1) is 0 Å². The van der Waals surface area contributed by atoms with E-state index in [4.69, 9.17) is 40.3 Å². The summed E-state index contributed by atoms with van der Waals surface area (Å²) in [5.41, 5.74) is 3.61. The van der Waals surface area contributed by atoms with Gasteiger partial charge in [-0.3, -0.25) is 9.36 Å². The molecule has 2 heterocycles. The summed E-state index contributed by atoms with van der Waals surface area (Å²) >= 11 is 7.28. The fourth-order valence-corrected chi connectivity index (χ4v) is 6.76. The van der Waals surface area contributed by atoms with Gasteiger partial charge in [-0.05, 0) is 93.3 Å². The van der Waals surface area contributed by atoms with Crippen molar-refractivity contribution >= 4 is 35.0 Å². The summed E-state index contributed by atoms with van der Waals surface area (Å²) in [6.07, 6.45) is 4.01. The number of methoxy groups -OCH3 is 2. The van der Waals surface area contributed by atoms with Crippen molar-refractivity contribution in [3.8, 4) is 23.0 Å². The molecule has 5 rings (SSSR count). The number of fused-ring (bicyclic) bond motifs is 1. The summed E-state index contributed by atoms with van der Waals surface area (Å²) in [5, 5.41) is 0.649. The topological polar surface area (TPSA) is 97.6 Å². The number of ether oxygens (including phenoxy) is 5. The molecule has 11 heteroatoms. The van der Waals surface area contributed by atoms with Crippen molar-refractivity contribution in [3.05, 3.63) is 125 Å². The zero-order valence-corrected chi connectivity index (χ0v) is 29.9. The largest absolute Gasteiger partial charge is 0.493 e. The molecule has 0 radical (unpaired) electrons. The number of halogens is 1. The van der Waals surface area contributed by atoms with Crippen LogP contribution in [0.2, 0.25) is 5.02 Å². The lowest BCUT2D eigenvalue weighted by Gasteiger charge is -2.25. The standard InChI is InChI=1S/C38H39ClN2O7S/c1-8-10-27-17-25(18-31(45-7)35(27)47-21-24-11-14-28(39)15-12-24)19-32-36(42)41-34(26-13-16-29(48-22(3)4)30(20-26)44-6)33(37(43)46-9-2)23(5)40-38(41)49-32/h8,11-20,22,34H,1,9-10,21H2,2-7H3/b32-19-/t34-/m0/s1. The van der Waals surface area contributed by atoms with E-state index in [1.54, 1.807) is 56.9 Å². The smallest absolute Gasteiger partial charge is 0.338 e. The Hall–Kier alpha value is -4.80. The van der Waals surface area contributed by atoms with Gasteiger partial charge < -0.3 is 23.7 Å². The van der Waals surface area contributed by atoms with Crippen LogP contribution in [0.15, 0.2) is 88.3 Å². The highest BCUT2D eigenvalue weighted by molar-refractivity contribution is 7.07. The van der Waals surface area contributed by atoms with Crippen molar-refractivity contribution in [2.24, 2.45) is 4.99 Å². The third-order valence-corrected chi connectivity index (χ3v) is 8.95. The van der Waals surface area contributed by atoms with E-state index in [1.165, 1.54) is 11.3 Å². The van der Waals surface area contributed by atoms with Gasteiger partial charge in [0.25, 0.3) is 5.56 Å². The number of thiazole rings is 1. The van der Waals surface area contributed by atoms with Crippen LogP contribution in [0.3, 0.4) is 0 Å². The van der Waals surface area contributed by atoms with E-state index >= 15 is 0 Å². The molecule has 49 heavy (non-hydrogen) atoms. The van der Waals surface area contributed by atoms with E-state index in [1.807, 2.05) is 56.3 Å². The molecular formula is C38H39ClN2O7S. The lowest BCUT2D eigenvalue weighted by Crippen LogP contribution is -2.40. The molecule has 4 aromatic rings. The number of carbonyl (C=O) groups is 1. The molecule has 0 aliphatic carbocycles. The fraction of sp³-hybridized carbons (Fsp3) is 0.289.